The summed E-state index contributed by atoms with van der Waals surface area (Å²) >= 11 is 6.24. The summed E-state index contributed by atoms with van der Waals surface area (Å²) in [5.74, 6) is 0.0125. The van der Waals surface area contributed by atoms with Crippen LogP contribution in [0.4, 0.5) is 5.69 Å². The molecule has 0 atom stereocenters. The van der Waals surface area contributed by atoms with Crippen molar-refractivity contribution in [2.45, 2.75) is 32.2 Å². The number of nitrogens with zero attached hydrogens (tertiary/aromatic N) is 2. The van der Waals surface area contributed by atoms with Gasteiger partial charge in [0.15, 0.2) is 5.78 Å². The van der Waals surface area contributed by atoms with Crippen LogP contribution in [0.1, 0.15) is 36.5 Å². The van der Waals surface area contributed by atoms with Crippen molar-refractivity contribution >= 4 is 23.1 Å². The van der Waals surface area contributed by atoms with Gasteiger partial charge in [-0.1, -0.05) is 11.6 Å². The highest BCUT2D eigenvalue weighted by atomic mass is 35.5. The molecule has 0 aliphatic heterocycles. The summed E-state index contributed by atoms with van der Waals surface area (Å²) in [5, 5.41) is 9.29. The molecule has 94 valence electrons. The first kappa shape index (κ1) is 12.9. The van der Waals surface area contributed by atoms with Crippen molar-refractivity contribution in [1.29, 1.82) is 5.26 Å². The van der Waals surface area contributed by atoms with E-state index >= 15 is 0 Å². The fraction of sp³-hybridized carbons (Fsp3) is 0.429. The lowest BCUT2D eigenvalue weighted by Crippen LogP contribution is -2.26. The zero-order chi connectivity index (χ0) is 13.1. The van der Waals surface area contributed by atoms with E-state index in [-0.39, 0.29) is 5.78 Å². The zero-order valence-electron chi connectivity index (χ0n) is 10.3. The van der Waals surface area contributed by atoms with Crippen molar-refractivity contribution in [3.63, 3.8) is 0 Å². The van der Waals surface area contributed by atoms with Crippen LogP contribution in [0.25, 0.3) is 0 Å². The Morgan fingerprint density at radius 2 is 2.28 bits per heavy atom. The standard InChI is InChI=1S/C14H15ClN2O/c1-10(18)11-3-6-14(13(15)9-11)17(8-2-7-16)12-4-5-12/h3,6,9,12H,2,4-5,8H2,1H3. The first-order chi connectivity index (χ1) is 8.63. The molecule has 1 aliphatic carbocycles. The van der Waals surface area contributed by atoms with Crippen LogP contribution in [0.2, 0.25) is 5.02 Å². The summed E-state index contributed by atoms with van der Waals surface area (Å²) in [4.78, 5) is 13.5. The van der Waals surface area contributed by atoms with E-state index in [1.165, 1.54) is 6.92 Å². The number of carbonyl (C=O) groups is 1. The van der Waals surface area contributed by atoms with Crippen LogP contribution in [-0.4, -0.2) is 18.4 Å². The Labute approximate surface area is 112 Å². The SMILES string of the molecule is CC(=O)c1ccc(N(CCC#N)C2CC2)c(Cl)c1. The van der Waals surface area contributed by atoms with Gasteiger partial charge < -0.3 is 4.90 Å². The quantitative estimate of drug-likeness (QED) is 0.764. The fourth-order valence-corrected chi connectivity index (χ4v) is 2.30. The molecule has 1 aromatic carbocycles. The predicted octanol–water partition coefficient (Wildman–Crippen LogP) is 3.43. The number of ketones is 1. The van der Waals surface area contributed by atoms with Gasteiger partial charge in [0.1, 0.15) is 0 Å². The number of anilines is 1. The number of hydrogen-bond acceptors (Lipinski definition) is 3. The summed E-state index contributed by atoms with van der Waals surface area (Å²) in [7, 11) is 0. The fourth-order valence-electron chi connectivity index (χ4n) is 2.02. The minimum Gasteiger partial charge on any atom is -0.366 e. The van der Waals surface area contributed by atoms with Gasteiger partial charge in [0, 0.05) is 18.2 Å². The molecule has 18 heavy (non-hydrogen) atoms. The molecule has 0 N–H and O–H groups in total. The molecule has 2 rings (SSSR count). The maximum atomic E-state index is 11.3. The molecular weight excluding hydrogens is 248 g/mol. The topological polar surface area (TPSA) is 44.1 Å². The Bertz CT molecular complexity index is 503. The molecule has 4 heteroatoms. The molecule has 1 aromatic rings. The van der Waals surface area contributed by atoms with Crippen LogP contribution in [0.3, 0.4) is 0 Å². The maximum absolute atomic E-state index is 11.3. The monoisotopic (exact) mass is 262 g/mol. The molecule has 0 radical (unpaired) electrons. The van der Waals surface area contributed by atoms with Crippen molar-refractivity contribution < 1.29 is 4.79 Å². The lowest BCUT2D eigenvalue weighted by molar-refractivity contribution is 0.101. The summed E-state index contributed by atoms with van der Waals surface area (Å²) in [6.45, 7) is 2.22. The summed E-state index contributed by atoms with van der Waals surface area (Å²) in [5.41, 5.74) is 1.55. The lowest BCUT2D eigenvalue weighted by Gasteiger charge is -2.24. The van der Waals surface area contributed by atoms with Crippen LogP contribution in [0, 0.1) is 11.3 Å². The Balaban J connectivity index is 2.25. The number of Topliss-reactive ketones (excluding diaryl/α,β-unsaturated/α-hetero) is 1. The van der Waals surface area contributed by atoms with Crippen molar-refractivity contribution in [3.8, 4) is 6.07 Å². The Kier molecular flexibility index (Phi) is 3.88. The molecule has 1 saturated carbocycles. The predicted molar refractivity (Wildman–Crippen MR) is 72.1 cm³/mol. The molecule has 3 nitrogen and oxygen atoms in total. The summed E-state index contributed by atoms with van der Waals surface area (Å²) in [6, 6.07) is 8.05. The minimum absolute atomic E-state index is 0.0125. The van der Waals surface area contributed by atoms with Crippen molar-refractivity contribution in [3.05, 3.63) is 28.8 Å². The van der Waals surface area contributed by atoms with E-state index in [4.69, 9.17) is 16.9 Å². The number of carbonyl (C=O) groups excluding carboxylic acids is 1. The molecule has 0 bridgehead atoms. The zero-order valence-corrected chi connectivity index (χ0v) is 11.1. The van der Waals surface area contributed by atoms with Crippen LogP contribution in [0.15, 0.2) is 18.2 Å². The molecule has 0 heterocycles. The van der Waals surface area contributed by atoms with Gasteiger partial charge in [0.25, 0.3) is 0 Å². The Morgan fingerprint density at radius 3 is 2.78 bits per heavy atom. The molecule has 0 spiro atoms. The van der Waals surface area contributed by atoms with Gasteiger partial charge in [-0.25, -0.2) is 0 Å². The van der Waals surface area contributed by atoms with E-state index in [1.807, 2.05) is 6.07 Å². The van der Waals surface area contributed by atoms with Gasteiger partial charge in [-0.15, -0.1) is 0 Å². The highest BCUT2D eigenvalue weighted by molar-refractivity contribution is 6.33. The molecular formula is C14H15ClN2O. The second-order valence-corrected chi connectivity index (χ2v) is 4.96. The van der Waals surface area contributed by atoms with E-state index in [9.17, 15) is 4.79 Å². The number of benzene rings is 1. The average molecular weight is 263 g/mol. The van der Waals surface area contributed by atoms with E-state index in [2.05, 4.69) is 11.0 Å². The number of nitriles is 1. The van der Waals surface area contributed by atoms with Gasteiger partial charge in [0.05, 0.1) is 23.2 Å². The largest absolute Gasteiger partial charge is 0.366 e. The van der Waals surface area contributed by atoms with Gasteiger partial charge in [-0.05, 0) is 38.0 Å². The van der Waals surface area contributed by atoms with Gasteiger partial charge in [-0.3, -0.25) is 4.79 Å². The molecule has 1 aliphatic rings. The Morgan fingerprint density at radius 1 is 1.56 bits per heavy atom. The van der Waals surface area contributed by atoms with Gasteiger partial charge >= 0.3 is 0 Å². The van der Waals surface area contributed by atoms with Crippen LogP contribution in [0.5, 0.6) is 0 Å². The van der Waals surface area contributed by atoms with E-state index in [0.717, 1.165) is 18.5 Å². The van der Waals surface area contributed by atoms with Gasteiger partial charge in [-0.2, -0.15) is 5.26 Å². The third-order valence-electron chi connectivity index (χ3n) is 3.12. The second kappa shape index (κ2) is 5.41. The van der Waals surface area contributed by atoms with Crippen LogP contribution < -0.4 is 4.90 Å². The smallest absolute Gasteiger partial charge is 0.159 e. The third kappa shape index (κ3) is 2.83. The molecule has 1 fully saturated rings. The molecule has 0 unspecified atom stereocenters. The highest BCUT2D eigenvalue weighted by Gasteiger charge is 2.30. The summed E-state index contributed by atoms with van der Waals surface area (Å²) in [6.07, 6.45) is 2.79. The van der Waals surface area contributed by atoms with Gasteiger partial charge in [0.2, 0.25) is 0 Å². The summed E-state index contributed by atoms with van der Waals surface area (Å²) < 4.78 is 0. The highest BCUT2D eigenvalue weighted by Crippen LogP contribution is 2.36. The first-order valence-electron chi connectivity index (χ1n) is 6.07. The Hall–Kier alpha value is -1.53. The van der Waals surface area contributed by atoms with Crippen LogP contribution in [-0.2, 0) is 0 Å². The molecule has 0 amide bonds. The van der Waals surface area contributed by atoms with E-state index in [0.29, 0.717) is 29.6 Å². The lowest BCUT2D eigenvalue weighted by atomic mass is 10.1. The average Bonchev–Trinajstić information content (AvgIpc) is 3.15. The first-order valence-corrected chi connectivity index (χ1v) is 6.45. The molecule has 0 aromatic heterocycles. The number of halogens is 1. The van der Waals surface area contributed by atoms with Crippen LogP contribution >= 0.6 is 11.6 Å². The third-order valence-corrected chi connectivity index (χ3v) is 3.42. The maximum Gasteiger partial charge on any atom is 0.159 e. The van der Waals surface area contributed by atoms with Crippen molar-refractivity contribution in [2.75, 3.05) is 11.4 Å². The van der Waals surface area contributed by atoms with Crippen molar-refractivity contribution in [2.24, 2.45) is 0 Å². The van der Waals surface area contributed by atoms with E-state index < -0.39 is 0 Å². The minimum atomic E-state index is 0.0125. The normalized spacial score (nSPS) is 14.1. The molecule has 0 saturated heterocycles. The van der Waals surface area contributed by atoms with E-state index in [1.54, 1.807) is 12.1 Å². The number of rotatable bonds is 5. The number of hydrogen-bond donors (Lipinski definition) is 0. The van der Waals surface area contributed by atoms with Crippen molar-refractivity contribution in [1.82, 2.24) is 0 Å². The second-order valence-electron chi connectivity index (χ2n) is 4.56.